The van der Waals surface area contributed by atoms with Crippen molar-refractivity contribution in [2.75, 3.05) is 9.80 Å². The number of hydrogen-bond donors (Lipinski definition) is 0. The third-order valence-corrected chi connectivity index (χ3v) is 8.84. The Balaban J connectivity index is 1.08. The van der Waals surface area contributed by atoms with Crippen LogP contribution >= 0.6 is 0 Å². The van der Waals surface area contributed by atoms with Gasteiger partial charge in [-0.3, -0.25) is 0 Å². The maximum absolute atomic E-state index is 2.36. The molecule has 0 bridgehead atoms. The van der Waals surface area contributed by atoms with Gasteiger partial charge in [-0.05, 0) is 126 Å². The number of hydrogen-bond acceptors (Lipinski definition) is 2. The third kappa shape index (κ3) is 7.25. The first kappa shape index (κ1) is 31.5. The lowest BCUT2D eigenvalue weighted by Crippen LogP contribution is -2.11. The second-order valence-corrected chi connectivity index (χ2v) is 12.6. The van der Waals surface area contributed by atoms with Gasteiger partial charge in [0.1, 0.15) is 0 Å². The van der Waals surface area contributed by atoms with Crippen molar-refractivity contribution in [3.63, 3.8) is 0 Å². The van der Waals surface area contributed by atoms with Gasteiger partial charge in [0.15, 0.2) is 0 Å². The summed E-state index contributed by atoms with van der Waals surface area (Å²) in [7, 11) is 0. The molecule has 0 aliphatic rings. The van der Waals surface area contributed by atoms with E-state index in [9.17, 15) is 0 Å². The summed E-state index contributed by atoms with van der Waals surface area (Å²) < 4.78 is 0. The topological polar surface area (TPSA) is 6.48 Å². The van der Waals surface area contributed by atoms with Gasteiger partial charge in [-0.25, -0.2) is 0 Å². The molecular weight excluding hydrogens is 593 g/mol. The summed E-state index contributed by atoms with van der Waals surface area (Å²) in [5.74, 6) is 0. The van der Waals surface area contributed by atoms with Gasteiger partial charge >= 0.3 is 0 Å². The Hall–Kier alpha value is -6.12. The van der Waals surface area contributed by atoms with Gasteiger partial charge in [0, 0.05) is 34.1 Å². The Morgan fingerprint density at radius 2 is 0.755 bits per heavy atom. The quantitative estimate of drug-likeness (QED) is 0.146. The fraction of sp³-hybridized carbons (Fsp3) is 0.0638. The SMILES string of the molecule is Cc1cc(C)cc(N(c2ccc(/C=C/c3ccc(-c4ccc(N(c5ccccc5)c5ccccc5)cc4)cc3)cc2)c2ccccc2C)c1. The highest BCUT2D eigenvalue weighted by Crippen LogP contribution is 2.38. The van der Waals surface area contributed by atoms with Gasteiger partial charge < -0.3 is 9.80 Å². The minimum absolute atomic E-state index is 1.13. The van der Waals surface area contributed by atoms with Crippen molar-refractivity contribution in [1.82, 2.24) is 0 Å². The third-order valence-electron chi connectivity index (χ3n) is 8.84. The molecule has 49 heavy (non-hydrogen) atoms. The number of aryl methyl sites for hydroxylation is 3. The first-order chi connectivity index (χ1) is 24.0. The standard InChI is InChI=1S/C47H40N2/c1-35-32-36(2)34-46(33-35)49(47-17-11-10-12-37(47)3)45-28-22-39(23-29-45)19-18-38-20-24-40(25-21-38)41-26-30-44(31-27-41)48(42-13-6-4-7-14-42)43-15-8-5-9-16-43/h4-34H,1-3H3/b19-18+. The van der Waals surface area contributed by atoms with Crippen molar-refractivity contribution in [1.29, 1.82) is 0 Å². The van der Waals surface area contributed by atoms with E-state index >= 15 is 0 Å². The van der Waals surface area contributed by atoms with E-state index in [1.165, 1.54) is 44.8 Å². The Labute approximate surface area is 290 Å². The molecule has 0 N–H and O–H groups in total. The molecule has 0 fully saturated rings. The summed E-state index contributed by atoms with van der Waals surface area (Å²) in [4.78, 5) is 4.64. The van der Waals surface area contributed by atoms with E-state index in [0.29, 0.717) is 0 Å². The van der Waals surface area contributed by atoms with E-state index in [1.807, 2.05) is 0 Å². The molecule has 2 nitrogen and oxygen atoms in total. The first-order valence-corrected chi connectivity index (χ1v) is 16.8. The maximum Gasteiger partial charge on any atom is 0.0490 e. The highest BCUT2D eigenvalue weighted by Gasteiger charge is 2.15. The molecule has 7 aromatic carbocycles. The summed E-state index contributed by atoms with van der Waals surface area (Å²) in [6.07, 6.45) is 4.37. The zero-order valence-electron chi connectivity index (χ0n) is 28.3. The molecule has 0 saturated carbocycles. The van der Waals surface area contributed by atoms with Crippen molar-refractivity contribution < 1.29 is 0 Å². The molecule has 0 amide bonds. The molecule has 0 unspecified atom stereocenters. The highest BCUT2D eigenvalue weighted by molar-refractivity contribution is 5.81. The minimum Gasteiger partial charge on any atom is -0.311 e. The monoisotopic (exact) mass is 632 g/mol. The lowest BCUT2D eigenvalue weighted by atomic mass is 10.0. The molecular formula is C47H40N2. The fourth-order valence-electron chi connectivity index (χ4n) is 6.44. The molecule has 0 aromatic heterocycles. The summed E-state index contributed by atoms with van der Waals surface area (Å²) in [5.41, 5.74) is 15.4. The average molecular weight is 633 g/mol. The molecule has 0 aliphatic carbocycles. The second-order valence-electron chi connectivity index (χ2n) is 12.6. The number of benzene rings is 7. The molecule has 238 valence electrons. The van der Waals surface area contributed by atoms with Crippen molar-refractivity contribution in [3.05, 3.63) is 204 Å². The van der Waals surface area contributed by atoms with Crippen LogP contribution in [-0.4, -0.2) is 0 Å². The van der Waals surface area contributed by atoms with Gasteiger partial charge in [0.25, 0.3) is 0 Å². The van der Waals surface area contributed by atoms with E-state index < -0.39 is 0 Å². The maximum atomic E-state index is 2.36. The summed E-state index contributed by atoms with van der Waals surface area (Å²) in [6.45, 7) is 6.50. The Morgan fingerprint density at radius 3 is 1.29 bits per heavy atom. The lowest BCUT2D eigenvalue weighted by molar-refractivity contribution is 1.23. The van der Waals surface area contributed by atoms with Crippen LogP contribution in [0.3, 0.4) is 0 Å². The van der Waals surface area contributed by atoms with Crippen LogP contribution in [0.4, 0.5) is 34.1 Å². The van der Waals surface area contributed by atoms with Gasteiger partial charge in [0.05, 0.1) is 0 Å². The molecule has 0 heterocycles. The van der Waals surface area contributed by atoms with Gasteiger partial charge in [-0.15, -0.1) is 0 Å². The first-order valence-electron chi connectivity index (χ1n) is 16.8. The summed E-state index contributed by atoms with van der Waals surface area (Å²) in [6, 6.07) is 62.8. The molecule has 2 heteroatoms. The van der Waals surface area contributed by atoms with Crippen LogP contribution in [0.5, 0.6) is 0 Å². The second kappa shape index (κ2) is 14.3. The fourth-order valence-corrected chi connectivity index (χ4v) is 6.44. The molecule has 7 rings (SSSR count). The summed E-state index contributed by atoms with van der Waals surface area (Å²) in [5, 5.41) is 0. The lowest BCUT2D eigenvalue weighted by Gasteiger charge is -2.27. The van der Waals surface area contributed by atoms with Gasteiger partial charge in [-0.1, -0.05) is 121 Å². The average Bonchev–Trinajstić information content (AvgIpc) is 3.13. The van der Waals surface area contributed by atoms with Gasteiger partial charge in [0.2, 0.25) is 0 Å². The molecule has 0 radical (unpaired) electrons. The van der Waals surface area contributed by atoms with E-state index in [4.69, 9.17) is 0 Å². The zero-order valence-corrected chi connectivity index (χ0v) is 28.3. The van der Waals surface area contributed by atoms with Gasteiger partial charge in [-0.2, -0.15) is 0 Å². The van der Waals surface area contributed by atoms with Crippen molar-refractivity contribution >= 4 is 46.3 Å². The van der Waals surface area contributed by atoms with E-state index in [0.717, 1.165) is 28.3 Å². The Kier molecular flexibility index (Phi) is 9.21. The predicted octanol–water partition coefficient (Wildman–Crippen LogP) is 13.4. The van der Waals surface area contributed by atoms with Crippen LogP contribution in [0, 0.1) is 20.8 Å². The number of rotatable bonds is 9. The van der Waals surface area contributed by atoms with Crippen molar-refractivity contribution in [3.8, 4) is 11.1 Å². The van der Waals surface area contributed by atoms with E-state index in [1.54, 1.807) is 0 Å². The van der Waals surface area contributed by atoms with Crippen LogP contribution < -0.4 is 9.80 Å². The number of nitrogens with zero attached hydrogens (tertiary/aromatic N) is 2. The summed E-state index contributed by atoms with van der Waals surface area (Å²) >= 11 is 0. The van der Waals surface area contributed by atoms with E-state index in [2.05, 4.69) is 219 Å². The van der Waals surface area contributed by atoms with Crippen molar-refractivity contribution in [2.45, 2.75) is 20.8 Å². The Bertz CT molecular complexity index is 2100. The van der Waals surface area contributed by atoms with Crippen LogP contribution in [0.25, 0.3) is 23.3 Å². The highest BCUT2D eigenvalue weighted by atomic mass is 15.1. The smallest absolute Gasteiger partial charge is 0.0490 e. The van der Waals surface area contributed by atoms with Crippen LogP contribution in [0.15, 0.2) is 176 Å². The predicted molar refractivity (Wildman–Crippen MR) is 211 cm³/mol. The molecule has 0 aliphatic heterocycles. The normalized spacial score (nSPS) is 11.1. The number of anilines is 6. The van der Waals surface area contributed by atoms with Crippen LogP contribution in [0.1, 0.15) is 27.8 Å². The zero-order chi connectivity index (χ0) is 33.6. The molecule has 0 atom stereocenters. The van der Waals surface area contributed by atoms with Crippen molar-refractivity contribution in [2.24, 2.45) is 0 Å². The van der Waals surface area contributed by atoms with Crippen LogP contribution in [0.2, 0.25) is 0 Å². The Morgan fingerprint density at radius 1 is 0.347 bits per heavy atom. The number of para-hydroxylation sites is 3. The minimum atomic E-state index is 1.13. The van der Waals surface area contributed by atoms with Crippen LogP contribution in [-0.2, 0) is 0 Å². The molecule has 0 saturated heterocycles. The molecule has 0 spiro atoms. The largest absolute Gasteiger partial charge is 0.311 e. The molecule has 7 aromatic rings. The van der Waals surface area contributed by atoms with E-state index in [-0.39, 0.29) is 0 Å².